The highest BCUT2D eigenvalue weighted by Crippen LogP contribution is 2.25. The van der Waals surface area contributed by atoms with Crippen LogP contribution in [0.2, 0.25) is 0 Å². The Labute approximate surface area is 104 Å². The van der Waals surface area contributed by atoms with Gasteiger partial charge in [-0.3, -0.25) is 4.79 Å². The third-order valence-corrected chi connectivity index (χ3v) is 2.56. The number of carbonyl (C=O) groups is 2. The number of aliphatic carboxylic acids is 1. The lowest BCUT2D eigenvalue weighted by molar-refractivity contribution is -0.146. The van der Waals surface area contributed by atoms with Crippen molar-refractivity contribution in [1.82, 2.24) is 4.90 Å². The van der Waals surface area contributed by atoms with E-state index in [-0.39, 0.29) is 17.9 Å². The third kappa shape index (κ3) is 2.77. The lowest BCUT2D eigenvalue weighted by Crippen LogP contribution is -2.33. The van der Waals surface area contributed by atoms with Crippen molar-refractivity contribution in [1.29, 1.82) is 0 Å². The first-order valence-electron chi connectivity index (χ1n) is 5.32. The molecule has 98 valence electrons. The van der Waals surface area contributed by atoms with E-state index in [1.54, 1.807) is 6.92 Å². The monoisotopic (exact) mass is 255 g/mol. The van der Waals surface area contributed by atoms with Gasteiger partial charge >= 0.3 is 5.97 Å². The number of ether oxygens (including phenoxy) is 1. The van der Waals surface area contributed by atoms with Gasteiger partial charge in [0, 0.05) is 6.54 Å². The molecule has 6 heteroatoms. The highest BCUT2D eigenvalue weighted by Gasteiger charge is 2.26. The number of likely N-dealkylation sites (N-methyl/N-ethyl adjacent to an activating group) is 1. The van der Waals surface area contributed by atoms with Crippen molar-refractivity contribution in [2.45, 2.75) is 13.0 Å². The minimum atomic E-state index is -1.21. The number of halogens is 1. The maximum Gasteiger partial charge on any atom is 0.331 e. The fourth-order valence-electron chi connectivity index (χ4n) is 1.65. The van der Waals surface area contributed by atoms with Crippen molar-refractivity contribution in [3.63, 3.8) is 0 Å². The van der Waals surface area contributed by atoms with Gasteiger partial charge in [0.25, 0.3) is 0 Å². The second-order valence-corrected chi connectivity index (χ2v) is 3.57. The summed E-state index contributed by atoms with van der Waals surface area (Å²) in [5, 5.41) is 9.12. The van der Waals surface area contributed by atoms with Crippen LogP contribution in [0.25, 0.3) is 0 Å². The molecule has 1 atom stereocenters. The number of hydrogen-bond acceptors (Lipinski definition) is 3. The summed E-state index contributed by atoms with van der Waals surface area (Å²) in [6.07, 6.45) is 0.431. The molecule has 1 N–H and O–H groups in total. The molecule has 0 aromatic heterocycles. The molecule has 0 spiro atoms. The fourth-order valence-corrected chi connectivity index (χ4v) is 1.65. The topological polar surface area (TPSA) is 66.8 Å². The van der Waals surface area contributed by atoms with Gasteiger partial charge in [-0.25, -0.2) is 9.18 Å². The minimum absolute atomic E-state index is 0.0250. The number of hydrogen-bond donors (Lipinski definition) is 1. The molecule has 0 saturated heterocycles. The van der Waals surface area contributed by atoms with Crippen molar-refractivity contribution in [2.75, 3.05) is 13.7 Å². The smallest absolute Gasteiger partial charge is 0.331 e. The van der Waals surface area contributed by atoms with Crippen LogP contribution in [-0.4, -0.2) is 36.0 Å². The third-order valence-electron chi connectivity index (χ3n) is 2.56. The lowest BCUT2D eigenvalue weighted by atomic mass is 10.1. The van der Waals surface area contributed by atoms with Crippen LogP contribution in [0.1, 0.15) is 18.5 Å². The van der Waals surface area contributed by atoms with Gasteiger partial charge in [-0.15, -0.1) is 0 Å². The van der Waals surface area contributed by atoms with E-state index in [0.717, 1.165) is 11.0 Å². The number of methoxy groups -OCH3 is 1. The van der Waals surface area contributed by atoms with Crippen LogP contribution >= 0.6 is 0 Å². The van der Waals surface area contributed by atoms with Gasteiger partial charge in [-0.05, 0) is 24.6 Å². The second kappa shape index (κ2) is 6.00. The first-order chi connectivity index (χ1) is 8.54. The molecule has 1 aromatic rings. The molecule has 0 bridgehead atoms. The van der Waals surface area contributed by atoms with E-state index in [4.69, 9.17) is 9.84 Å². The molecule has 0 aliphatic rings. The van der Waals surface area contributed by atoms with Crippen molar-refractivity contribution in [3.8, 4) is 5.75 Å². The zero-order valence-corrected chi connectivity index (χ0v) is 10.1. The summed E-state index contributed by atoms with van der Waals surface area (Å²) in [5.41, 5.74) is 0.190. The summed E-state index contributed by atoms with van der Waals surface area (Å²) in [7, 11) is 1.32. The Balaban J connectivity index is 3.18. The molecule has 0 saturated carbocycles. The van der Waals surface area contributed by atoms with Crippen LogP contribution in [0.3, 0.4) is 0 Å². The quantitative estimate of drug-likeness (QED) is 0.781. The molecule has 0 fully saturated rings. The summed E-state index contributed by atoms with van der Waals surface area (Å²) in [5.74, 6) is -1.85. The van der Waals surface area contributed by atoms with Crippen molar-refractivity contribution in [3.05, 3.63) is 29.6 Å². The maximum absolute atomic E-state index is 13.5. The summed E-state index contributed by atoms with van der Waals surface area (Å²) >= 11 is 0. The summed E-state index contributed by atoms with van der Waals surface area (Å²) in [6.45, 7) is 1.86. The van der Waals surface area contributed by atoms with E-state index in [1.165, 1.54) is 19.2 Å². The Kier molecular flexibility index (Phi) is 4.65. The largest absolute Gasteiger partial charge is 0.494 e. The van der Waals surface area contributed by atoms with E-state index >= 15 is 0 Å². The molecule has 0 heterocycles. The second-order valence-electron chi connectivity index (χ2n) is 3.57. The van der Waals surface area contributed by atoms with E-state index in [0.29, 0.717) is 6.41 Å². The van der Waals surface area contributed by atoms with Crippen LogP contribution in [-0.2, 0) is 9.59 Å². The Hall–Kier alpha value is -2.11. The predicted molar refractivity (Wildman–Crippen MR) is 61.8 cm³/mol. The number of rotatable bonds is 6. The van der Waals surface area contributed by atoms with Crippen molar-refractivity contribution in [2.24, 2.45) is 0 Å². The maximum atomic E-state index is 13.5. The van der Waals surface area contributed by atoms with Gasteiger partial charge in [0.05, 0.1) is 7.11 Å². The molecule has 0 aliphatic carbocycles. The molecule has 18 heavy (non-hydrogen) atoms. The normalized spacial score (nSPS) is 11.7. The molecule has 1 amide bonds. The highest BCUT2D eigenvalue weighted by molar-refractivity contribution is 5.78. The molecule has 1 aromatic carbocycles. The van der Waals surface area contributed by atoms with Gasteiger partial charge in [-0.1, -0.05) is 6.07 Å². The molecule has 1 unspecified atom stereocenters. The Bertz CT molecular complexity index is 450. The number of carboxylic acid groups (broad SMARTS) is 1. The van der Waals surface area contributed by atoms with Crippen molar-refractivity contribution < 1.29 is 23.8 Å². The number of amides is 1. The predicted octanol–water partition coefficient (Wildman–Crippen LogP) is 1.44. The molecule has 5 nitrogen and oxygen atoms in total. The first-order valence-corrected chi connectivity index (χ1v) is 5.32. The van der Waals surface area contributed by atoms with E-state index in [2.05, 4.69) is 0 Å². The van der Waals surface area contributed by atoms with Crippen LogP contribution in [0, 0.1) is 5.82 Å². The Morgan fingerprint density at radius 1 is 1.61 bits per heavy atom. The number of nitrogens with zero attached hydrogens (tertiary/aromatic N) is 1. The standard InChI is InChI=1S/C12H14FNO4/c1-3-14(7-15)11(12(16)17)8-4-5-10(18-2)9(13)6-8/h4-7,11H,3H2,1-2H3,(H,16,17). The summed E-state index contributed by atoms with van der Waals surface area (Å²) in [4.78, 5) is 23.1. The average molecular weight is 255 g/mol. The van der Waals surface area contributed by atoms with Crippen LogP contribution in [0.4, 0.5) is 4.39 Å². The van der Waals surface area contributed by atoms with E-state index in [9.17, 15) is 14.0 Å². The first kappa shape index (κ1) is 14.0. The lowest BCUT2D eigenvalue weighted by Gasteiger charge is -2.24. The van der Waals surface area contributed by atoms with E-state index < -0.39 is 17.8 Å². The minimum Gasteiger partial charge on any atom is -0.494 e. The van der Waals surface area contributed by atoms with Gasteiger partial charge in [0.2, 0.25) is 6.41 Å². The Morgan fingerprint density at radius 2 is 2.28 bits per heavy atom. The van der Waals surface area contributed by atoms with Crippen LogP contribution in [0.5, 0.6) is 5.75 Å². The van der Waals surface area contributed by atoms with Gasteiger partial charge < -0.3 is 14.7 Å². The summed E-state index contributed by atoms with van der Waals surface area (Å²) in [6, 6.07) is 2.61. The number of carbonyl (C=O) groups excluding carboxylic acids is 1. The fraction of sp³-hybridized carbons (Fsp3) is 0.333. The van der Waals surface area contributed by atoms with Crippen LogP contribution in [0.15, 0.2) is 18.2 Å². The van der Waals surface area contributed by atoms with Crippen molar-refractivity contribution >= 4 is 12.4 Å². The molecule has 0 radical (unpaired) electrons. The summed E-state index contributed by atoms with van der Waals surface area (Å²) < 4.78 is 18.3. The van der Waals surface area contributed by atoms with Gasteiger partial charge in [0.15, 0.2) is 17.6 Å². The van der Waals surface area contributed by atoms with Gasteiger partial charge in [-0.2, -0.15) is 0 Å². The zero-order valence-electron chi connectivity index (χ0n) is 10.1. The van der Waals surface area contributed by atoms with Crippen LogP contribution < -0.4 is 4.74 Å². The molecule has 0 aliphatic heterocycles. The highest BCUT2D eigenvalue weighted by atomic mass is 19.1. The zero-order chi connectivity index (χ0) is 13.7. The number of benzene rings is 1. The average Bonchev–Trinajstić information content (AvgIpc) is 2.35. The van der Waals surface area contributed by atoms with E-state index in [1.807, 2.05) is 0 Å². The Morgan fingerprint density at radius 3 is 2.67 bits per heavy atom. The molecule has 1 rings (SSSR count). The van der Waals surface area contributed by atoms with Gasteiger partial charge in [0.1, 0.15) is 0 Å². The molecular formula is C12H14FNO4. The SMILES string of the molecule is CCN(C=O)C(C(=O)O)c1ccc(OC)c(F)c1. The molecular weight excluding hydrogens is 241 g/mol. The number of carboxylic acids is 1.